The van der Waals surface area contributed by atoms with Crippen molar-refractivity contribution in [1.82, 2.24) is 10.2 Å². The fourth-order valence-electron chi connectivity index (χ4n) is 1.80. The number of nitrogens with one attached hydrogen (secondary N) is 1. The average Bonchev–Trinajstić information content (AvgIpc) is 2.62. The second kappa shape index (κ2) is 6.01. The molecule has 16 heavy (non-hydrogen) atoms. The van der Waals surface area contributed by atoms with Gasteiger partial charge in [-0.1, -0.05) is 12.2 Å². The highest BCUT2D eigenvalue weighted by Crippen LogP contribution is 2.16. The van der Waals surface area contributed by atoms with E-state index < -0.39 is 0 Å². The number of amides is 1. The molecule has 1 amide bonds. The zero-order chi connectivity index (χ0) is 12.1. The van der Waals surface area contributed by atoms with Gasteiger partial charge in [-0.25, -0.2) is 0 Å². The van der Waals surface area contributed by atoms with Crippen LogP contribution in [0.4, 0.5) is 0 Å². The fourth-order valence-corrected chi connectivity index (χ4v) is 1.80. The van der Waals surface area contributed by atoms with E-state index in [4.69, 9.17) is 5.73 Å². The van der Waals surface area contributed by atoms with Crippen LogP contribution in [0.5, 0.6) is 0 Å². The predicted octanol–water partition coefficient (Wildman–Crippen LogP) is 0.346. The highest BCUT2D eigenvalue weighted by Gasteiger charge is 2.23. The predicted molar refractivity (Wildman–Crippen MR) is 66.0 cm³/mol. The van der Waals surface area contributed by atoms with Crippen LogP contribution in [0.2, 0.25) is 0 Å². The van der Waals surface area contributed by atoms with Gasteiger partial charge in [-0.05, 0) is 40.4 Å². The van der Waals surface area contributed by atoms with Crippen LogP contribution in [0.3, 0.4) is 0 Å². The lowest BCUT2D eigenvalue weighted by atomic mass is 10.1. The van der Waals surface area contributed by atoms with Gasteiger partial charge in [0, 0.05) is 12.1 Å². The van der Waals surface area contributed by atoms with Crippen molar-refractivity contribution in [2.24, 2.45) is 11.7 Å². The highest BCUT2D eigenvalue weighted by atomic mass is 16.1. The Balaban J connectivity index is 2.26. The molecule has 92 valence electrons. The van der Waals surface area contributed by atoms with Gasteiger partial charge in [-0.15, -0.1) is 0 Å². The molecule has 0 fully saturated rings. The minimum atomic E-state index is -0.0307. The number of rotatable bonds is 5. The van der Waals surface area contributed by atoms with E-state index in [1.807, 2.05) is 33.2 Å². The molecule has 0 aromatic heterocycles. The molecule has 3 N–H and O–H groups in total. The molecule has 3 unspecified atom stereocenters. The summed E-state index contributed by atoms with van der Waals surface area (Å²) in [5.74, 6) is 0.0762. The summed E-state index contributed by atoms with van der Waals surface area (Å²) in [6.45, 7) is 3.03. The molecule has 1 rings (SSSR count). The molecule has 0 aliphatic heterocycles. The Bertz CT molecular complexity index is 263. The summed E-state index contributed by atoms with van der Waals surface area (Å²) in [4.78, 5) is 13.9. The first-order chi connectivity index (χ1) is 7.49. The number of nitrogens with two attached hydrogens (primary N) is 1. The van der Waals surface area contributed by atoms with Gasteiger partial charge in [-0.2, -0.15) is 0 Å². The maximum absolute atomic E-state index is 11.8. The van der Waals surface area contributed by atoms with Gasteiger partial charge < -0.3 is 16.0 Å². The largest absolute Gasteiger partial charge is 0.353 e. The van der Waals surface area contributed by atoms with Gasteiger partial charge in [0.1, 0.15) is 0 Å². The Morgan fingerprint density at radius 1 is 1.56 bits per heavy atom. The first-order valence-corrected chi connectivity index (χ1v) is 5.88. The Morgan fingerprint density at radius 2 is 2.25 bits per heavy atom. The van der Waals surface area contributed by atoms with Gasteiger partial charge in [-0.3, -0.25) is 4.79 Å². The Labute approximate surface area is 97.9 Å². The monoisotopic (exact) mass is 225 g/mol. The molecule has 0 bridgehead atoms. The summed E-state index contributed by atoms with van der Waals surface area (Å²) >= 11 is 0. The van der Waals surface area contributed by atoms with Crippen molar-refractivity contribution in [3.63, 3.8) is 0 Å². The topological polar surface area (TPSA) is 58.4 Å². The highest BCUT2D eigenvalue weighted by molar-refractivity contribution is 5.81. The molecule has 0 radical (unpaired) electrons. The summed E-state index contributed by atoms with van der Waals surface area (Å²) in [6.07, 6.45) is 5.54. The van der Waals surface area contributed by atoms with Crippen molar-refractivity contribution in [1.29, 1.82) is 0 Å². The number of hydrogen-bond acceptors (Lipinski definition) is 3. The van der Waals surface area contributed by atoms with Gasteiger partial charge >= 0.3 is 0 Å². The van der Waals surface area contributed by atoms with E-state index in [-0.39, 0.29) is 23.9 Å². The number of hydrogen-bond donors (Lipinski definition) is 2. The van der Waals surface area contributed by atoms with Crippen LogP contribution in [0, 0.1) is 5.92 Å². The first kappa shape index (κ1) is 13.2. The molecule has 0 aromatic rings. The Morgan fingerprint density at radius 3 is 2.75 bits per heavy atom. The third kappa shape index (κ3) is 4.33. The van der Waals surface area contributed by atoms with Crippen LogP contribution >= 0.6 is 0 Å². The standard InChI is InChI=1S/C12H23N3O/c1-9(6-7-15(2)3)14-12(16)10-4-5-11(13)8-10/h4-5,9-11H,6-8,13H2,1-3H3,(H,14,16). The number of carbonyl (C=O) groups excluding carboxylic acids is 1. The molecular weight excluding hydrogens is 202 g/mol. The van der Waals surface area contributed by atoms with Crippen molar-refractivity contribution < 1.29 is 4.79 Å². The summed E-state index contributed by atoms with van der Waals surface area (Å²) in [5, 5.41) is 3.03. The van der Waals surface area contributed by atoms with Gasteiger partial charge in [0.2, 0.25) is 5.91 Å². The summed E-state index contributed by atoms with van der Waals surface area (Å²) in [5.41, 5.74) is 5.72. The molecule has 3 atom stereocenters. The normalized spacial score (nSPS) is 26.1. The maximum Gasteiger partial charge on any atom is 0.227 e. The van der Waals surface area contributed by atoms with Crippen molar-refractivity contribution in [2.75, 3.05) is 20.6 Å². The van der Waals surface area contributed by atoms with Crippen LogP contribution in [-0.2, 0) is 4.79 Å². The average molecular weight is 225 g/mol. The van der Waals surface area contributed by atoms with Crippen LogP contribution in [0.1, 0.15) is 19.8 Å². The van der Waals surface area contributed by atoms with Gasteiger partial charge in [0.15, 0.2) is 0 Å². The van der Waals surface area contributed by atoms with Crippen molar-refractivity contribution in [3.8, 4) is 0 Å². The summed E-state index contributed by atoms with van der Waals surface area (Å²) in [7, 11) is 4.07. The quantitative estimate of drug-likeness (QED) is 0.664. The zero-order valence-electron chi connectivity index (χ0n) is 10.4. The van der Waals surface area contributed by atoms with Crippen molar-refractivity contribution >= 4 is 5.91 Å². The number of nitrogens with zero attached hydrogens (tertiary/aromatic N) is 1. The first-order valence-electron chi connectivity index (χ1n) is 5.88. The third-order valence-corrected chi connectivity index (χ3v) is 2.85. The maximum atomic E-state index is 11.8. The Kier molecular flexibility index (Phi) is 4.96. The smallest absolute Gasteiger partial charge is 0.227 e. The molecule has 4 nitrogen and oxygen atoms in total. The third-order valence-electron chi connectivity index (χ3n) is 2.85. The lowest BCUT2D eigenvalue weighted by Crippen LogP contribution is -2.38. The molecule has 1 aliphatic rings. The minimum absolute atomic E-state index is 0.0307. The molecule has 1 aliphatic carbocycles. The molecular formula is C12H23N3O. The van der Waals surface area contributed by atoms with Crippen LogP contribution in [-0.4, -0.2) is 43.5 Å². The van der Waals surface area contributed by atoms with E-state index in [0.29, 0.717) is 0 Å². The van der Waals surface area contributed by atoms with Crippen molar-refractivity contribution in [2.45, 2.75) is 31.8 Å². The lowest BCUT2D eigenvalue weighted by molar-refractivity contribution is -0.124. The SMILES string of the molecule is CC(CCN(C)C)NC(=O)C1C=CC(N)C1. The number of carbonyl (C=O) groups is 1. The van der Waals surface area contributed by atoms with E-state index in [1.165, 1.54) is 0 Å². The van der Waals surface area contributed by atoms with E-state index in [9.17, 15) is 4.79 Å². The summed E-state index contributed by atoms with van der Waals surface area (Å²) in [6, 6.07) is 0.271. The molecule has 0 saturated carbocycles. The fraction of sp³-hybridized carbons (Fsp3) is 0.750. The second-order valence-electron chi connectivity index (χ2n) is 4.89. The Hall–Kier alpha value is -0.870. The second-order valence-corrected chi connectivity index (χ2v) is 4.89. The minimum Gasteiger partial charge on any atom is -0.353 e. The van der Waals surface area contributed by atoms with E-state index >= 15 is 0 Å². The molecule has 0 saturated heterocycles. The zero-order valence-corrected chi connectivity index (χ0v) is 10.4. The molecule has 4 heteroatoms. The van der Waals surface area contributed by atoms with E-state index in [2.05, 4.69) is 10.2 Å². The van der Waals surface area contributed by atoms with Gasteiger partial charge in [0.25, 0.3) is 0 Å². The van der Waals surface area contributed by atoms with E-state index in [0.717, 1.165) is 19.4 Å². The molecule has 0 heterocycles. The molecule has 0 spiro atoms. The van der Waals surface area contributed by atoms with E-state index in [1.54, 1.807) is 0 Å². The summed E-state index contributed by atoms with van der Waals surface area (Å²) < 4.78 is 0. The van der Waals surface area contributed by atoms with Crippen LogP contribution in [0.25, 0.3) is 0 Å². The van der Waals surface area contributed by atoms with Crippen LogP contribution in [0.15, 0.2) is 12.2 Å². The van der Waals surface area contributed by atoms with Crippen molar-refractivity contribution in [3.05, 3.63) is 12.2 Å². The van der Waals surface area contributed by atoms with Gasteiger partial charge in [0.05, 0.1) is 5.92 Å². The van der Waals surface area contributed by atoms with Crippen LogP contribution < -0.4 is 11.1 Å². The molecule has 0 aromatic carbocycles. The lowest BCUT2D eigenvalue weighted by Gasteiger charge is -2.18.